The minimum Gasteiger partial charge on any atom is -0.476 e. The van der Waals surface area contributed by atoms with Gasteiger partial charge >= 0.3 is 0 Å². The quantitative estimate of drug-likeness (QED) is 0.779. The highest BCUT2D eigenvalue weighted by Crippen LogP contribution is 2.23. The molecule has 0 radical (unpaired) electrons. The molecule has 0 saturated carbocycles. The fraction of sp³-hybridized carbons (Fsp3) is 0.643. The largest absolute Gasteiger partial charge is 0.476 e. The molecule has 1 aromatic heterocycles. The van der Waals surface area contributed by atoms with Crippen LogP contribution < -0.4 is 10.5 Å². The van der Waals surface area contributed by atoms with Gasteiger partial charge in [0.2, 0.25) is 5.88 Å². The summed E-state index contributed by atoms with van der Waals surface area (Å²) < 4.78 is 5.71. The first-order valence-corrected chi connectivity index (χ1v) is 7.23. The lowest BCUT2D eigenvalue weighted by Gasteiger charge is -2.15. The Morgan fingerprint density at radius 1 is 1.26 bits per heavy atom. The summed E-state index contributed by atoms with van der Waals surface area (Å²) in [5.41, 5.74) is 8.59. The zero-order valence-corrected chi connectivity index (χ0v) is 13.0. The number of aryl methyl sites for hydroxylation is 1. The zero-order valence-electron chi connectivity index (χ0n) is 12.2. The second-order valence-electron chi connectivity index (χ2n) is 4.91. The van der Waals surface area contributed by atoms with Crippen LogP contribution in [0.1, 0.15) is 50.9 Å². The Labute approximate surface area is 120 Å². The van der Waals surface area contributed by atoms with Crippen molar-refractivity contribution in [1.82, 2.24) is 10.2 Å². The molecule has 0 spiro atoms. The molecule has 0 aromatic carbocycles. The average molecular weight is 281 g/mol. The van der Waals surface area contributed by atoms with E-state index in [0.29, 0.717) is 23.4 Å². The molecule has 0 aliphatic heterocycles. The Morgan fingerprint density at radius 3 is 2.42 bits per heavy atom. The zero-order chi connectivity index (χ0) is 14.4. The molecule has 1 aromatic rings. The van der Waals surface area contributed by atoms with Crippen molar-refractivity contribution in [2.75, 3.05) is 6.61 Å². The second kappa shape index (κ2) is 7.38. The first kappa shape index (κ1) is 15.8. The van der Waals surface area contributed by atoms with Gasteiger partial charge in [0.25, 0.3) is 0 Å². The van der Waals surface area contributed by atoms with Crippen LogP contribution in [0.2, 0.25) is 0 Å². The molecule has 106 valence electrons. The standard InChI is InChI=1S/C14H23N3OS/c1-5-10-11(6-2)16-17-14(12(10)13(15)19)18-8-7-9(3)4/h9H,5-8H2,1-4H3,(H2,15,19). The van der Waals surface area contributed by atoms with Crippen molar-refractivity contribution in [1.29, 1.82) is 0 Å². The van der Waals surface area contributed by atoms with Crippen LogP contribution in [0.15, 0.2) is 0 Å². The topological polar surface area (TPSA) is 61.0 Å². The highest BCUT2D eigenvalue weighted by molar-refractivity contribution is 7.80. The van der Waals surface area contributed by atoms with Crippen LogP contribution in [-0.2, 0) is 12.8 Å². The molecule has 2 N–H and O–H groups in total. The second-order valence-corrected chi connectivity index (χ2v) is 5.35. The van der Waals surface area contributed by atoms with E-state index < -0.39 is 0 Å². The third-order valence-corrected chi connectivity index (χ3v) is 3.20. The van der Waals surface area contributed by atoms with Gasteiger partial charge in [-0.05, 0) is 30.7 Å². The van der Waals surface area contributed by atoms with Gasteiger partial charge in [-0.15, -0.1) is 5.10 Å². The Bertz CT molecular complexity index is 447. The first-order valence-electron chi connectivity index (χ1n) is 6.82. The van der Waals surface area contributed by atoms with Gasteiger partial charge < -0.3 is 10.5 Å². The number of nitrogens with two attached hydrogens (primary N) is 1. The maximum atomic E-state index is 5.83. The van der Waals surface area contributed by atoms with Crippen molar-refractivity contribution in [3.05, 3.63) is 16.8 Å². The molecule has 5 heteroatoms. The predicted molar refractivity (Wildman–Crippen MR) is 81.6 cm³/mol. The third-order valence-electron chi connectivity index (χ3n) is 2.99. The normalized spacial score (nSPS) is 10.8. The van der Waals surface area contributed by atoms with Gasteiger partial charge in [-0.25, -0.2) is 0 Å². The van der Waals surface area contributed by atoms with E-state index in [1.165, 1.54) is 0 Å². The maximum Gasteiger partial charge on any atom is 0.244 e. The van der Waals surface area contributed by atoms with E-state index in [0.717, 1.165) is 36.1 Å². The van der Waals surface area contributed by atoms with Crippen LogP contribution in [0, 0.1) is 5.92 Å². The van der Waals surface area contributed by atoms with Crippen LogP contribution in [0.25, 0.3) is 0 Å². The smallest absolute Gasteiger partial charge is 0.244 e. The number of thiocarbonyl (C=S) groups is 1. The Kier molecular flexibility index (Phi) is 6.15. The molecule has 0 fully saturated rings. The minimum atomic E-state index is 0.334. The molecule has 0 unspecified atom stereocenters. The molecule has 0 saturated heterocycles. The highest BCUT2D eigenvalue weighted by Gasteiger charge is 2.17. The van der Waals surface area contributed by atoms with Crippen molar-refractivity contribution in [2.45, 2.75) is 47.0 Å². The molecule has 4 nitrogen and oxygen atoms in total. The molecular formula is C14H23N3OS. The molecule has 0 amide bonds. The van der Waals surface area contributed by atoms with Gasteiger partial charge in [0.15, 0.2) is 0 Å². The van der Waals surface area contributed by atoms with Crippen molar-refractivity contribution in [2.24, 2.45) is 11.7 Å². The number of ether oxygens (including phenoxy) is 1. The molecule has 19 heavy (non-hydrogen) atoms. The summed E-state index contributed by atoms with van der Waals surface area (Å²) in [6.45, 7) is 9.03. The predicted octanol–water partition coefficient (Wildman–Crippen LogP) is 2.66. The van der Waals surface area contributed by atoms with Crippen LogP contribution in [0.3, 0.4) is 0 Å². The number of nitrogens with zero attached hydrogens (tertiary/aromatic N) is 2. The van der Waals surface area contributed by atoms with E-state index in [2.05, 4.69) is 31.0 Å². The van der Waals surface area contributed by atoms with Crippen LogP contribution in [0.4, 0.5) is 0 Å². The average Bonchev–Trinajstić information content (AvgIpc) is 2.37. The van der Waals surface area contributed by atoms with Crippen molar-refractivity contribution < 1.29 is 4.74 Å². The van der Waals surface area contributed by atoms with E-state index in [1.807, 2.05) is 6.92 Å². The molecule has 0 bridgehead atoms. The van der Waals surface area contributed by atoms with Gasteiger partial charge in [0.1, 0.15) is 4.99 Å². The van der Waals surface area contributed by atoms with Gasteiger partial charge in [-0.3, -0.25) is 0 Å². The maximum absolute atomic E-state index is 5.83. The number of hydrogen-bond donors (Lipinski definition) is 1. The first-order chi connectivity index (χ1) is 9.01. The van der Waals surface area contributed by atoms with E-state index in [9.17, 15) is 0 Å². The van der Waals surface area contributed by atoms with Gasteiger partial charge in [-0.1, -0.05) is 39.9 Å². The summed E-state index contributed by atoms with van der Waals surface area (Å²) in [7, 11) is 0. The minimum absolute atomic E-state index is 0.334. The number of rotatable bonds is 7. The fourth-order valence-electron chi connectivity index (χ4n) is 1.90. The molecule has 0 aliphatic carbocycles. The van der Waals surface area contributed by atoms with Gasteiger partial charge in [0.05, 0.1) is 17.9 Å². The Morgan fingerprint density at radius 2 is 1.95 bits per heavy atom. The summed E-state index contributed by atoms with van der Waals surface area (Å²) in [6, 6.07) is 0. The lowest BCUT2D eigenvalue weighted by atomic mass is 10.0. The molecular weight excluding hydrogens is 258 g/mol. The summed E-state index contributed by atoms with van der Waals surface area (Å²) in [4.78, 5) is 0.334. The SMILES string of the molecule is CCc1nnc(OCCC(C)C)c(C(N)=S)c1CC. The molecule has 0 aliphatic rings. The number of hydrogen-bond acceptors (Lipinski definition) is 4. The molecule has 1 heterocycles. The van der Waals surface area contributed by atoms with Crippen LogP contribution >= 0.6 is 12.2 Å². The van der Waals surface area contributed by atoms with Gasteiger partial charge in [0, 0.05) is 0 Å². The summed E-state index contributed by atoms with van der Waals surface area (Å²) >= 11 is 5.14. The van der Waals surface area contributed by atoms with Crippen molar-refractivity contribution >= 4 is 17.2 Å². The summed E-state index contributed by atoms with van der Waals surface area (Å²) in [5, 5.41) is 8.36. The Balaban J connectivity index is 3.06. The summed E-state index contributed by atoms with van der Waals surface area (Å²) in [6.07, 6.45) is 2.61. The van der Waals surface area contributed by atoms with Gasteiger partial charge in [-0.2, -0.15) is 5.10 Å². The monoisotopic (exact) mass is 281 g/mol. The van der Waals surface area contributed by atoms with E-state index in [1.54, 1.807) is 0 Å². The van der Waals surface area contributed by atoms with E-state index in [4.69, 9.17) is 22.7 Å². The van der Waals surface area contributed by atoms with Crippen molar-refractivity contribution in [3.8, 4) is 5.88 Å². The molecule has 0 atom stereocenters. The number of aromatic nitrogens is 2. The Hall–Kier alpha value is -1.23. The van der Waals surface area contributed by atoms with Crippen LogP contribution in [0.5, 0.6) is 5.88 Å². The van der Waals surface area contributed by atoms with E-state index in [-0.39, 0.29) is 0 Å². The third kappa shape index (κ3) is 4.13. The summed E-state index contributed by atoms with van der Waals surface area (Å²) in [5.74, 6) is 1.06. The lowest BCUT2D eigenvalue weighted by Crippen LogP contribution is -2.19. The van der Waals surface area contributed by atoms with E-state index >= 15 is 0 Å². The lowest BCUT2D eigenvalue weighted by molar-refractivity contribution is 0.275. The van der Waals surface area contributed by atoms with Crippen LogP contribution in [-0.4, -0.2) is 21.8 Å². The molecule has 1 rings (SSSR count). The highest BCUT2D eigenvalue weighted by atomic mass is 32.1. The van der Waals surface area contributed by atoms with Crippen molar-refractivity contribution in [3.63, 3.8) is 0 Å². The fourth-order valence-corrected chi connectivity index (χ4v) is 2.11.